The van der Waals surface area contributed by atoms with Crippen LogP contribution in [0.3, 0.4) is 0 Å². The lowest BCUT2D eigenvalue weighted by Crippen LogP contribution is -2.48. The second-order valence-corrected chi connectivity index (χ2v) is 9.53. The highest BCUT2D eigenvalue weighted by Crippen LogP contribution is 2.43. The van der Waals surface area contributed by atoms with E-state index in [1.54, 1.807) is 35.9 Å². The van der Waals surface area contributed by atoms with Crippen molar-refractivity contribution in [2.75, 3.05) is 0 Å². The van der Waals surface area contributed by atoms with E-state index in [0.717, 1.165) is 28.6 Å². The Morgan fingerprint density at radius 3 is 2.69 bits per heavy atom. The van der Waals surface area contributed by atoms with Crippen molar-refractivity contribution < 1.29 is 14.0 Å². The van der Waals surface area contributed by atoms with E-state index in [-0.39, 0.29) is 35.4 Å². The summed E-state index contributed by atoms with van der Waals surface area (Å²) >= 11 is 0. The Balaban J connectivity index is 1.36. The molecule has 2 amide bonds. The molecular weight excluding hydrogens is 457 g/mol. The minimum atomic E-state index is -0.414. The van der Waals surface area contributed by atoms with E-state index >= 15 is 0 Å². The molecule has 8 heteroatoms. The number of rotatable bonds is 5. The Morgan fingerprint density at radius 2 is 1.89 bits per heavy atom. The van der Waals surface area contributed by atoms with Crippen LogP contribution in [-0.4, -0.2) is 32.2 Å². The van der Waals surface area contributed by atoms with Gasteiger partial charge in [-0.05, 0) is 61.1 Å². The van der Waals surface area contributed by atoms with Crippen molar-refractivity contribution in [1.29, 1.82) is 0 Å². The SMILES string of the molecule is Cc1cc(-c2ncccc2-c2ccc3cnc(C(=O)NC4C5C=CC(C5)[C@@H]4C(N)=O)n3c2)ccc1F. The number of carbonyl (C=O) groups is 2. The minimum absolute atomic E-state index is 0.0699. The molecule has 2 aliphatic rings. The summed E-state index contributed by atoms with van der Waals surface area (Å²) in [5.74, 6) is -1.04. The van der Waals surface area contributed by atoms with Crippen LogP contribution in [0.25, 0.3) is 27.9 Å². The average Bonchev–Trinajstić information content (AvgIpc) is 3.60. The van der Waals surface area contributed by atoms with Crippen LogP contribution in [0.2, 0.25) is 0 Å². The molecule has 0 radical (unpaired) electrons. The summed E-state index contributed by atoms with van der Waals surface area (Å²) < 4.78 is 15.6. The van der Waals surface area contributed by atoms with Gasteiger partial charge in [0.1, 0.15) is 5.82 Å². The third-order valence-corrected chi connectivity index (χ3v) is 7.37. The number of aromatic nitrogens is 3. The van der Waals surface area contributed by atoms with Crippen LogP contribution in [-0.2, 0) is 4.79 Å². The molecule has 0 aliphatic heterocycles. The van der Waals surface area contributed by atoms with Gasteiger partial charge >= 0.3 is 0 Å². The third kappa shape index (κ3) is 3.57. The first-order valence-corrected chi connectivity index (χ1v) is 11.9. The molecule has 3 unspecified atom stereocenters. The van der Waals surface area contributed by atoms with Gasteiger partial charge in [0.15, 0.2) is 0 Å². The average molecular weight is 482 g/mol. The second-order valence-electron chi connectivity index (χ2n) is 9.53. The molecule has 1 fully saturated rings. The fraction of sp³-hybridized carbons (Fsp3) is 0.214. The number of nitrogens with two attached hydrogens (primary N) is 1. The number of fused-ring (bicyclic) bond motifs is 3. The molecule has 7 nitrogen and oxygen atoms in total. The van der Waals surface area contributed by atoms with Crippen LogP contribution in [0.1, 0.15) is 22.6 Å². The van der Waals surface area contributed by atoms with Crippen molar-refractivity contribution in [3.63, 3.8) is 0 Å². The van der Waals surface area contributed by atoms with Gasteiger partial charge in [0, 0.05) is 35.1 Å². The molecule has 36 heavy (non-hydrogen) atoms. The first-order valence-electron chi connectivity index (χ1n) is 11.9. The zero-order valence-corrected chi connectivity index (χ0v) is 19.6. The highest BCUT2D eigenvalue weighted by atomic mass is 19.1. The fourth-order valence-corrected chi connectivity index (χ4v) is 5.60. The molecule has 180 valence electrons. The zero-order chi connectivity index (χ0) is 25.0. The lowest BCUT2D eigenvalue weighted by molar-refractivity contribution is -0.123. The number of benzene rings is 1. The van der Waals surface area contributed by atoms with Gasteiger partial charge in [-0.25, -0.2) is 9.37 Å². The highest BCUT2D eigenvalue weighted by molar-refractivity contribution is 5.93. The molecule has 1 saturated carbocycles. The Labute approximate surface area is 206 Å². The maximum atomic E-state index is 13.9. The number of carbonyl (C=O) groups excluding carboxylic acids is 2. The number of allylic oxidation sites excluding steroid dienone is 1. The van der Waals surface area contributed by atoms with Crippen LogP contribution in [0.15, 0.2) is 73.2 Å². The quantitative estimate of drug-likeness (QED) is 0.422. The molecule has 4 aromatic rings. The fourth-order valence-electron chi connectivity index (χ4n) is 5.60. The summed E-state index contributed by atoms with van der Waals surface area (Å²) in [7, 11) is 0. The first-order chi connectivity index (χ1) is 17.4. The number of nitrogens with one attached hydrogen (secondary N) is 1. The van der Waals surface area contributed by atoms with Crippen molar-refractivity contribution in [3.05, 3.63) is 90.4 Å². The van der Waals surface area contributed by atoms with Gasteiger partial charge in [-0.2, -0.15) is 0 Å². The topological polar surface area (TPSA) is 102 Å². The van der Waals surface area contributed by atoms with Gasteiger partial charge < -0.3 is 11.1 Å². The van der Waals surface area contributed by atoms with Crippen molar-refractivity contribution in [1.82, 2.24) is 19.7 Å². The normalized spacial score (nSPS) is 22.3. The number of pyridine rings is 2. The van der Waals surface area contributed by atoms with Gasteiger partial charge in [0.2, 0.25) is 11.7 Å². The molecule has 3 aromatic heterocycles. The number of primary amides is 1. The number of hydrogen-bond acceptors (Lipinski definition) is 4. The standard InChI is InChI=1S/C28H24FN5O2/c1-15-11-17(7-9-22(15)29)24-21(3-2-10-31-24)19-6-8-20-13-32-27(34(20)14-19)28(36)33-25-18-5-4-16(12-18)23(25)26(30)35/h2-11,13-14,16,18,23,25H,12H2,1H3,(H2,30,35)(H,33,36)/t16?,18?,23-,25?/m0/s1. The smallest absolute Gasteiger partial charge is 0.287 e. The van der Waals surface area contributed by atoms with Crippen LogP contribution in [0.4, 0.5) is 4.39 Å². The number of nitrogens with zero attached hydrogens (tertiary/aromatic N) is 3. The number of amides is 2. The maximum absolute atomic E-state index is 13.9. The van der Waals surface area contributed by atoms with E-state index < -0.39 is 11.8 Å². The van der Waals surface area contributed by atoms with E-state index in [0.29, 0.717) is 11.3 Å². The largest absolute Gasteiger partial charge is 0.369 e. The van der Waals surface area contributed by atoms with Gasteiger partial charge in [-0.1, -0.05) is 24.3 Å². The van der Waals surface area contributed by atoms with Crippen LogP contribution >= 0.6 is 0 Å². The van der Waals surface area contributed by atoms with Gasteiger partial charge in [-0.15, -0.1) is 0 Å². The van der Waals surface area contributed by atoms with Crippen molar-refractivity contribution in [2.24, 2.45) is 23.5 Å². The Bertz CT molecular complexity index is 1560. The summed E-state index contributed by atoms with van der Waals surface area (Å²) in [4.78, 5) is 34.3. The van der Waals surface area contributed by atoms with Gasteiger partial charge in [0.25, 0.3) is 5.91 Å². The van der Waals surface area contributed by atoms with E-state index in [2.05, 4.69) is 21.4 Å². The highest BCUT2D eigenvalue weighted by Gasteiger charge is 2.48. The minimum Gasteiger partial charge on any atom is -0.369 e. The lowest BCUT2D eigenvalue weighted by Gasteiger charge is -2.26. The number of halogens is 1. The summed E-state index contributed by atoms with van der Waals surface area (Å²) in [6.45, 7) is 1.72. The molecule has 6 rings (SSSR count). The third-order valence-electron chi connectivity index (χ3n) is 7.37. The van der Waals surface area contributed by atoms with Crippen LogP contribution < -0.4 is 11.1 Å². The van der Waals surface area contributed by atoms with Crippen molar-refractivity contribution in [3.8, 4) is 22.4 Å². The molecule has 0 saturated heterocycles. The van der Waals surface area contributed by atoms with Crippen LogP contribution in [0.5, 0.6) is 0 Å². The molecule has 4 atom stereocenters. The predicted molar refractivity (Wildman–Crippen MR) is 133 cm³/mol. The maximum Gasteiger partial charge on any atom is 0.287 e. The van der Waals surface area contributed by atoms with Crippen molar-refractivity contribution in [2.45, 2.75) is 19.4 Å². The Kier molecular flexibility index (Phi) is 5.17. The molecule has 2 aliphatic carbocycles. The second kappa shape index (κ2) is 8.41. The Hall–Kier alpha value is -4.33. The van der Waals surface area contributed by atoms with E-state index in [4.69, 9.17) is 5.73 Å². The zero-order valence-electron chi connectivity index (χ0n) is 19.6. The molecule has 0 spiro atoms. The molecule has 2 bridgehead atoms. The first kappa shape index (κ1) is 22.2. The monoisotopic (exact) mass is 481 g/mol. The molecule has 1 aromatic carbocycles. The molecule has 3 N–H and O–H groups in total. The van der Waals surface area contributed by atoms with Crippen molar-refractivity contribution >= 4 is 17.3 Å². The van der Waals surface area contributed by atoms with E-state index in [9.17, 15) is 14.0 Å². The summed E-state index contributed by atoms with van der Waals surface area (Å²) in [6, 6.07) is 12.2. The summed E-state index contributed by atoms with van der Waals surface area (Å²) in [6.07, 6.45) is 10.1. The summed E-state index contributed by atoms with van der Waals surface area (Å²) in [5.41, 5.74) is 10.1. The van der Waals surface area contributed by atoms with Gasteiger partial charge in [0.05, 0.1) is 23.3 Å². The Morgan fingerprint density at radius 1 is 1.08 bits per heavy atom. The number of imidazole rings is 1. The number of hydrogen-bond donors (Lipinski definition) is 2. The number of aryl methyl sites for hydroxylation is 1. The predicted octanol–water partition coefficient (Wildman–Crippen LogP) is 3.92. The summed E-state index contributed by atoms with van der Waals surface area (Å²) in [5, 5.41) is 3.02. The van der Waals surface area contributed by atoms with Gasteiger partial charge in [-0.3, -0.25) is 19.0 Å². The lowest BCUT2D eigenvalue weighted by atomic mass is 9.88. The van der Waals surface area contributed by atoms with E-state index in [1.165, 1.54) is 6.07 Å². The van der Waals surface area contributed by atoms with Crippen LogP contribution in [0, 0.1) is 30.5 Å². The molecular formula is C28H24FN5O2. The van der Waals surface area contributed by atoms with E-state index in [1.807, 2.05) is 36.5 Å². The molecule has 3 heterocycles.